The monoisotopic (exact) mass is 662 g/mol. The first-order chi connectivity index (χ1) is 25.7. The highest BCUT2D eigenvalue weighted by Gasteiger charge is 2.19. The fourth-order valence-electron chi connectivity index (χ4n) is 8.19. The molecule has 0 N–H and O–H groups in total. The second-order valence-corrected chi connectivity index (χ2v) is 13.7. The Bertz CT molecular complexity index is 2750. The van der Waals surface area contributed by atoms with Crippen LogP contribution in [0.4, 0.5) is 0 Å². The van der Waals surface area contributed by atoms with Gasteiger partial charge >= 0.3 is 0 Å². The maximum absolute atomic E-state index is 4.57. The van der Waals surface area contributed by atoms with E-state index < -0.39 is 0 Å². The highest BCUT2D eigenvalue weighted by molar-refractivity contribution is 6.23. The lowest BCUT2D eigenvalue weighted by Crippen LogP contribution is -1.96. The van der Waals surface area contributed by atoms with Gasteiger partial charge < -0.3 is 0 Å². The Labute approximate surface area is 305 Å². The van der Waals surface area contributed by atoms with Crippen LogP contribution < -0.4 is 0 Å². The molecule has 0 heteroatoms. The van der Waals surface area contributed by atoms with E-state index in [-0.39, 0.29) is 0 Å². The van der Waals surface area contributed by atoms with Crippen molar-refractivity contribution in [2.45, 2.75) is 12.8 Å². The van der Waals surface area contributed by atoms with Crippen molar-refractivity contribution in [3.8, 4) is 22.3 Å². The lowest BCUT2D eigenvalue weighted by atomic mass is 9.84. The summed E-state index contributed by atoms with van der Waals surface area (Å²) in [5, 5.41) is 10.0. The zero-order chi connectivity index (χ0) is 35.0. The quantitative estimate of drug-likeness (QED) is 0.118. The van der Waals surface area contributed by atoms with Gasteiger partial charge in [0.25, 0.3) is 0 Å². The van der Waals surface area contributed by atoms with Crippen molar-refractivity contribution >= 4 is 54.2 Å². The normalized spacial score (nSPS) is 13.3. The number of hydrogen-bond acceptors (Lipinski definition) is 0. The van der Waals surface area contributed by atoms with Crippen LogP contribution in [0.2, 0.25) is 0 Å². The van der Waals surface area contributed by atoms with Crippen molar-refractivity contribution in [1.82, 2.24) is 0 Å². The summed E-state index contributed by atoms with van der Waals surface area (Å²) in [5.74, 6) is 0. The summed E-state index contributed by atoms with van der Waals surface area (Å²) >= 11 is 0. The molecule has 9 rings (SSSR count). The third-order valence-electron chi connectivity index (χ3n) is 10.6. The molecule has 0 heterocycles. The van der Waals surface area contributed by atoms with Crippen molar-refractivity contribution in [3.05, 3.63) is 217 Å². The largest absolute Gasteiger partial charge is 0.0984 e. The summed E-state index contributed by atoms with van der Waals surface area (Å²) in [5.41, 5.74) is 12.1. The maximum atomic E-state index is 4.57. The van der Waals surface area contributed by atoms with Gasteiger partial charge in [-0.15, -0.1) is 0 Å². The fourth-order valence-corrected chi connectivity index (χ4v) is 8.19. The zero-order valence-electron chi connectivity index (χ0n) is 29.1. The first kappa shape index (κ1) is 31.5. The van der Waals surface area contributed by atoms with E-state index in [4.69, 9.17) is 0 Å². The van der Waals surface area contributed by atoms with Gasteiger partial charge in [-0.2, -0.15) is 0 Å². The Balaban J connectivity index is 1.14. The Morgan fingerprint density at radius 3 is 1.75 bits per heavy atom. The Morgan fingerprint density at radius 1 is 0.519 bits per heavy atom. The van der Waals surface area contributed by atoms with E-state index in [2.05, 4.69) is 189 Å². The fraction of sp³-hybridized carbons (Fsp3) is 0.0385. The van der Waals surface area contributed by atoms with E-state index in [0.717, 1.165) is 24.0 Å². The van der Waals surface area contributed by atoms with Crippen LogP contribution in [0.3, 0.4) is 0 Å². The highest BCUT2D eigenvalue weighted by atomic mass is 14.2. The molecule has 0 atom stereocenters. The lowest BCUT2D eigenvalue weighted by Gasteiger charge is -2.20. The minimum absolute atomic E-state index is 0.962. The van der Waals surface area contributed by atoms with Crippen molar-refractivity contribution in [1.29, 1.82) is 0 Å². The zero-order valence-corrected chi connectivity index (χ0v) is 29.1. The molecular weight excluding hydrogens is 625 g/mol. The lowest BCUT2D eigenvalue weighted by molar-refractivity contribution is 0.984. The Morgan fingerprint density at radius 2 is 1.06 bits per heavy atom. The molecular formula is C52H38. The van der Waals surface area contributed by atoms with Gasteiger partial charge in [-0.25, -0.2) is 0 Å². The smallest absolute Gasteiger partial charge is 0.00201 e. The topological polar surface area (TPSA) is 0 Å². The van der Waals surface area contributed by atoms with E-state index in [1.165, 1.54) is 87.6 Å². The number of benzene rings is 8. The van der Waals surface area contributed by atoms with E-state index in [1.54, 1.807) is 0 Å². The summed E-state index contributed by atoms with van der Waals surface area (Å²) in [6.07, 6.45) is 10.8. The molecule has 0 saturated heterocycles. The molecule has 0 amide bonds. The van der Waals surface area contributed by atoms with E-state index in [9.17, 15) is 0 Å². The molecule has 246 valence electrons. The Hall–Kier alpha value is -6.50. The van der Waals surface area contributed by atoms with Crippen LogP contribution >= 0.6 is 0 Å². The standard InChI is InChI=1S/C52H38/c1-3-36(43-30-14-18-37-16-4-6-24-44(37)43)32-35(2)39-20-12-21-40(33-39)41-22-13-23-42(34-41)51-47-26-8-10-28-49(47)52(50-29-11-9-27-48(50)51)46-31-15-19-38-17-5-7-25-45(38)46/h3-11,13-19,21-34H,1-2,12,20H2/b36-32+. The van der Waals surface area contributed by atoms with Crippen molar-refractivity contribution in [2.24, 2.45) is 0 Å². The number of allylic oxidation sites excluding steroid dienone is 8. The van der Waals surface area contributed by atoms with Crippen LogP contribution in [0.1, 0.15) is 24.0 Å². The van der Waals surface area contributed by atoms with Gasteiger partial charge in [0.2, 0.25) is 0 Å². The molecule has 52 heavy (non-hydrogen) atoms. The van der Waals surface area contributed by atoms with Crippen LogP contribution in [0.15, 0.2) is 206 Å². The third-order valence-corrected chi connectivity index (χ3v) is 10.6. The molecule has 0 radical (unpaired) electrons. The van der Waals surface area contributed by atoms with Gasteiger partial charge in [-0.1, -0.05) is 183 Å². The molecule has 8 aromatic carbocycles. The highest BCUT2D eigenvalue weighted by Crippen LogP contribution is 2.45. The molecule has 0 aliphatic heterocycles. The summed E-state index contributed by atoms with van der Waals surface area (Å²) in [6, 6.07) is 57.3. The number of fused-ring (bicyclic) bond motifs is 4. The minimum Gasteiger partial charge on any atom is -0.0984 e. The molecule has 0 bridgehead atoms. The Kier molecular flexibility index (Phi) is 8.07. The van der Waals surface area contributed by atoms with E-state index >= 15 is 0 Å². The van der Waals surface area contributed by atoms with Gasteiger partial charge in [-0.3, -0.25) is 0 Å². The molecule has 0 aromatic heterocycles. The van der Waals surface area contributed by atoms with Crippen LogP contribution in [0.5, 0.6) is 0 Å². The van der Waals surface area contributed by atoms with E-state index in [1.807, 2.05) is 6.08 Å². The summed E-state index contributed by atoms with van der Waals surface area (Å²) in [6.45, 7) is 8.75. The third kappa shape index (κ3) is 5.50. The first-order valence-electron chi connectivity index (χ1n) is 18.1. The van der Waals surface area contributed by atoms with Gasteiger partial charge in [0, 0.05) is 0 Å². The average molecular weight is 663 g/mol. The molecule has 0 nitrogen and oxygen atoms in total. The molecule has 8 aromatic rings. The minimum atomic E-state index is 0.962. The first-order valence-corrected chi connectivity index (χ1v) is 18.1. The van der Waals surface area contributed by atoms with Gasteiger partial charge in [-0.05, 0) is 124 Å². The van der Waals surface area contributed by atoms with Gasteiger partial charge in [0.05, 0.1) is 0 Å². The SMILES string of the molecule is C=C/C(=C\C(=C)C1=CC(c2cccc(-c3c4ccccc4c(-c4cccc5ccccc45)c4ccccc34)c2)=CCC1)c1cccc2ccccc12. The summed E-state index contributed by atoms with van der Waals surface area (Å²) in [7, 11) is 0. The predicted octanol–water partition coefficient (Wildman–Crippen LogP) is 14.6. The second kappa shape index (κ2) is 13.3. The van der Waals surface area contributed by atoms with E-state index in [0.29, 0.717) is 0 Å². The van der Waals surface area contributed by atoms with Gasteiger partial charge in [0.1, 0.15) is 0 Å². The van der Waals surface area contributed by atoms with Crippen LogP contribution in [-0.2, 0) is 0 Å². The molecule has 0 unspecified atom stereocenters. The number of hydrogen-bond donors (Lipinski definition) is 0. The molecule has 0 spiro atoms. The molecule has 1 aliphatic rings. The molecule has 0 fully saturated rings. The van der Waals surface area contributed by atoms with Crippen molar-refractivity contribution in [2.75, 3.05) is 0 Å². The molecule has 0 saturated carbocycles. The summed E-state index contributed by atoms with van der Waals surface area (Å²) < 4.78 is 0. The van der Waals surface area contributed by atoms with Crippen molar-refractivity contribution < 1.29 is 0 Å². The van der Waals surface area contributed by atoms with Crippen molar-refractivity contribution in [3.63, 3.8) is 0 Å². The second-order valence-electron chi connectivity index (χ2n) is 13.7. The summed E-state index contributed by atoms with van der Waals surface area (Å²) in [4.78, 5) is 0. The number of rotatable bonds is 7. The van der Waals surface area contributed by atoms with Gasteiger partial charge in [0.15, 0.2) is 0 Å². The molecule has 1 aliphatic carbocycles. The van der Waals surface area contributed by atoms with Crippen LogP contribution in [-0.4, -0.2) is 0 Å². The average Bonchev–Trinajstić information content (AvgIpc) is 3.21. The predicted molar refractivity (Wildman–Crippen MR) is 226 cm³/mol. The van der Waals surface area contributed by atoms with Crippen LogP contribution in [0, 0.1) is 0 Å². The maximum Gasteiger partial charge on any atom is -0.00201 e. The van der Waals surface area contributed by atoms with Crippen LogP contribution in [0.25, 0.3) is 76.5 Å².